The van der Waals surface area contributed by atoms with Gasteiger partial charge in [0.15, 0.2) is 0 Å². The van der Waals surface area contributed by atoms with E-state index < -0.39 is 0 Å². The molecule has 6 aromatic heterocycles. The summed E-state index contributed by atoms with van der Waals surface area (Å²) in [6.07, 6.45) is 25.0. The van der Waals surface area contributed by atoms with Crippen LogP contribution >= 0.6 is 45.3 Å². The van der Waals surface area contributed by atoms with Crippen molar-refractivity contribution in [1.82, 2.24) is 9.13 Å². The Balaban J connectivity index is 0.684. The average Bonchev–Trinajstić information content (AvgIpc) is 1.64. The Bertz CT molecular complexity index is 4670. The van der Waals surface area contributed by atoms with Gasteiger partial charge in [0.1, 0.15) is 0 Å². The van der Waals surface area contributed by atoms with Crippen molar-refractivity contribution in [2.75, 3.05) is 0 Å². The zero-order chi connectivity index (χ0) is 64.7. The van der Waals surface area contributed by atoms with Gasteiger partial charge in [-0.1, -0.05) is 240 Å². The quantitative estimate of drug-likeness (QED) is 0.0454. The van der Waals surface area contributed by atoms with E-state index in [-0.39, 0.29) is 10.8 Å². The third kappa shape index (κ3) is 11.2. The molecule has 0 saturated carbocycles. The average molecular weight is 1330 g/mol. The summed E-state index contributed by atoms with van der Waals surface area (Å²) >= 11 is 7.80. The van der Waals surface area contributed by atoms with Crippen molar-refractivity contribution >= 4 is 89.0 Å². The summed E-state index contributed by atoms with van der Waals surface area (Å²) in [5, 5.41) is 5.27. The minimum absolute atomic E-state index is 0.0469. The standard InChI is InChI=1S/C90H88N2S4/c1-5-9-13-25-53-89(54-26-14-10-6-2)73-57-61(37-41-65(73)67-43-39-63(59-75(67)89)91-77-33-21-17-29-69(77)70-30-18-22-34-78(70)91)81-45-47-83(93-81)85-49-51-87(95-85)88-52-50-86(96-88)84-48-46-82(94-84)62-38-42-66-68-44-40-64(92-79-35-23-19-31-71(79)72-32-20-24-36-80(72)92)60-76(68)90(74(66)58-62,55-27-15-11-7-3)56-28-16-12-8-4/h17-24,29-52,57-60H,5-16,25-28,53-56H2,1-4H3. The van der Waals surface area contributed by atoms with Crippen LogP contribution in [0.2, 0.25) is 0 Å². The van der Waals surface area contributed by atoms with Gasteiger partial charge >= 0.3 is 0 Å². The molecule has 16 rings (SSSR count). The molecule has 0 saturated heterocycles. The Labute approximate surface area is 585 Å². The molecular weight excluding hydrogens is 1240 g/mol. The first-order chi connectivity index (χ1) is 47.4. The highest BCUT2D eigenvalue weighted by atomic mass is 32.1. The normalized spacial score (nSPS) is 13.6. The topological polar surface area (TPSA) is 9.86 Å². The predicted octanol–water partition coefficient (Wildman–Crippen LogP) is 28.9. The Morgan fingerprint density at radius 1 is 0.250 bits per heavy atom. The molecule has 0 spiro atoms. The van der Waals surface area contributed by atoms with Crippen LogP contribution in [0.5, 0.6) is 0 Å². The number of nitrogens with zero attached hydrogens (tertiary/aromatic N) is 2. The van der Waals surface area contributed by atoms with Crippen LogP contribution in [0.3, 0.4) is 0 Å². The van der Waals surface area contributed by atoms with E-state index >= 15 is 0 Å². The van der Waals surface area contributed by atoms with Crippen molar-refractivity contribution in [2.24, 2.45) is 0 Å². The maximum Gasteiger partial charge on any atom is 0.0541 e. The minimum Gasteiger partial charge on any atom is -0.309 e. The van der Waals surface area contributed by atoms with Crippen LogP contribution in [0.1, 0.15) is 178 Å². The smallest absolute Gasteiger partial charge is 0.0541 e. The van der Waals surface area contributed by atoms with Crippen LogP contribution in [0.15, 0.2) is 218 Å². The summed E-state index contributed by atoms with van der Waals surface area (Å²) in [4.78, 5) is 10.8. The van der Waals surface area contributed by atoms with Gasteiger partial charge in [0.2, 0.25) is 0 Å². The highest BCUT2D eigenvalue weighted by molar-refractivity contribution is 7.29. The molecule has 482 valence electrons. The van der Waals surface area contributed by atoms with Gasteiger partial charge in [0.05, 0.1) is 22.1 Å². The summed E-state index contributed by atoms with van der Waals surface area (Å²) in [7, 11) is 0. The monoisotopic (exact) mass is 1320 g/mol. The first kappa shape index (κ1) is 62.9. The molecule has 0 amide bonds. The number of thiophene rings is 4. The van der Waals surface area contributed by atoms with E-state index in [4.69, 9.17) is 0 Å². The fraction of sp³-hybridized carbons (Fsp3) is 0.289. The number of para-hydroxylation sites is 4. The number of benzene rings is 8. The van der Waals surface area contributed by atoms with Crippen molar-refractivity contribution in [2.45, 2.75) is 167 Å². The zero-order valence-corrected chi connectivity index (χ0v) is 59.7. The summed E-state index contributed by atoms with van der Waals surface area (Å²) < 4.78 is 5.06. The van der Waals surface area contributed by atoms with Crippen LogP contribution in [-0.4, -0.2) is 9.13 Å². The van der Waals surface area contributed by atoms with E-state index in [1.807, 2.05) is 45.3 Å². The lowest BCUT2D eigenvalue weighted by atomic mass is 9.70. The molecule has 14 aromatic rings. The van der Waals surface area contributed by atoms with Gasteiger partial charge in [0.25, 0.3) is 0 Å². The van der Waals surface area contributed by atoms with Crippen molar-refractivity contribution in [3.63, 3.8) is 0 Å². The molecule has 0 aliphatic heterocycles. The van der Waals surface area contributed by atoms with Gasteiger partial charge in [0, 0.05) is 82.8 Å². The predicted molar refractivity (Wildman–Crippen MR) is 421 cm³/mol. The Kier molecular flexibility index (Phi) is 17.8. The van der Waals surface area contributed by atoms with Gasteiger partial charge in [-0.3, -0.25) is 0 Å². The second-order valence-electron chi connectivity index (χ2n) is 27.8. The van der Waals surface area contributed by atoms with Crippen molar-refractivity contribution in [3.05, 3.63) is 241 Å². The summed E-state index contributed by atoms with van der Waals surface area (Å²) in [5.74, 6) is 0. The lowest BCUT2D eigenvalue weighted by Crippen LogP contribution is -2.26. The highest BCUT2D eigenvalue weighted by Crippen LogP contribution is 2.59. The lowest BCUT2D eigenvalue weighted by Gasteiger charge is -2.33. The molecule has 96 heavy (non-hydrogen) atoms. The molecule has 2 aliphatic carbocycles. The summed E-state index contributed by atoms with van der Waals surface area (Å²) in [5.41, 5.74) is 22.2. The van der Waals surface area contributed by atoms with Crippen LogP contribution < -0.4 is 0 Å². The van der Waals surface area contributed by atoms with Gasteiger partial charge in [-0.15, -0.1) is 45.3 Å². The van der Waals surface area contributed by atoms with Crippen LogP contribution in [-0.2, 0) is 10.8 Å². The maximum atomic E-state index is 2.64. The molecule has 0 radical (unpaired) electrons. The SMILES string of the molecule is CCCCCCC1(CCCCCC)c2cc(-c3ccc(-c4ccc(-c5ccc(-c6ccc(-c7ccc8c(c7)C(CCCCCC)(CCCCCC)c7cc(-n9c%10ccccc%10c%10ccccc%109)ccc7-8)s6)s5)s4)s3)ccc2-c2ccc(-n3c4ccccc4c4ccccc43)cc21. The molecule has 6 heterocycles. The zero-order valence-electron chi connectivity index (χ0n) is 56.5. The maximum absolute atomic E-state index is 2.64. The molecular formula is C90H88N2S4. The van der Waals surface area contributed by atoms with Gasteiger partial charge < -0.3 is 9.13 Å². The third-order valence-electron chi connectivity index (χ3n) is 21.9. The molecule has 6 heteroatoms. The fourth-order valence-electron chi connectivity index (χ4n) is 17.2. The number of aromatic nitrogens is 2. The Morgan fingerprint density at radius 2 is 0.510 bits per heavy atom. The van der Waals surface area contributed by atoms with E-state index in [9.17, 15) is 0 Å². The first-order valence-corrected chi connectivity index (χ1v) is 39.6. The number of hydrogen-bond donors (Lipinski definition) is 0. The number of unbranched alkanes of at least 4 members (excludes halogenated alkanes) is 12. The van der Waals surface area contributed by atoms with E-state index in [1.54, 1.807) is 11.1 Å². The van der Waals surface area contributed by atoms with Crippen LogP contribution in [0, 0.1) is 0 Å². The summed E-state index contributed by atoms with van der Waals surface area (Å²) in [6, 6.07) is 85.1. The third-order valence-corrected chi connectivity index (χ3v) is 26.9. The van der Waals surface area contributed by atoms with Gasteiger partial charge in [-0.2, -0.15) is 0 Å². The van der Waals surface area contributed by atoms with Crippen molar-refractivity contribution in [1.29, 1.82) is 0 Å². The molecule has 0 unspecified atom stereocenters. The molecule has 8 aromatic carbocycles. The number of hydrogen-bond acceptors (Lipinski definition) is 4. The van der Waals surface area contributed by atoms with Crippen molar-refractivity contribution in [3.8, 4) is 83.8 Å². The van der Waals surface area contributed by atoms with Crippen LogP contribution in [0.4, 0.5) is 0 Å². The molecule has 0 atom stereocenters. The van der Waals surface area contributed by atoms with Crippen LogP contribution in [0.25, 0.3) is 127 Å². The largest absolute Gasteiger partial charge is 0.309 e. The van der Waals surface area contributed by atoms with E-state index in [1.165, 1.54) is 267 Å². The fourth-order valence-corrected chi connectivity index (χ4v) is 21.4. The molecule has 0 N–H and O–H groups in total. The van der Waals surface area contributed by atoms with E-state index in [0.717, 1.165) is 0 Å². The summed E-state index contributed by atoms with van der Waals surface area (Å²) in [6.45, 7) is 9.39. The number of rotatable bonds is 27. The second kappa shape index (κ2) is 27.2. The second-order valence-corrected chi connectivity index (χ2v) is 32.1. The van der Waals surface area contributed by atoms with Gasteiger partial charge in [-0.05, 0) is 191 Å². The molecule has 0 fully saturated rings. The minimum atomic E-state index is -0.0469. The van der Waals surface area contributed by atoms with Crippen molar-refractivity contribution < 1.29 is 0 Å². The molecule has 2 nitrogen and oxygen atoms in total. The molecule has 2 aliphatic rings. The van der Waals surface area contributed by atoms with E-state index in [0.29, 0.717) is 0 Å². The lowest BCUT2D eigenvalue weighted by molar-refractivity contribution is 0.401. The number of fused-ring (bicyclic) bond motifs is 12. The Morgan fingerprint density at radius 3 is 0.812 bits per heavy atom. The van der Waals surface area contributed by atoms with Gasteiger partial charge in [-0.25, -0.2) is 0 Å². The highest BCUT2D eigenvalue weighted by Gasteiger charge is 2.45. The first-order valence-electron chi connectivity index (χ1n) is 36.4. The Hall–Kier alpha value is -7.84. The van der Waals surface area contributed by atoms with E-state index in [2.05, 4.69) is 255 Å². The molecule has 0 bridgehead atoms.